The molecule has 1 aliphatic rings. The molecular formula is C24H23NO. The van der Waals surface area contributed by atoms with Crippen molar-refractivity contribution < 1.29 is 4.79 Å². The van der Waals surface area contributed by atoms with Gasteiger partial charge in [0.05, 0.1) is 12.0 Å². The van der Waals surface area contributed by atoms with Crippen LogP contribution in [0.15, 0.2) is 91.0 Å². The zero-order chi connectivity index (χ0) is 17.8. The van der Waals surface area contributed by atoms with Gasteiger partial charge >= 0.3 is 0 Å². The van der Waals surface area contributed by atoms with Crippen molar-refractivity contribution in [2.45, 2.75) is 24.8 Å². The monoisotopic (exact) mass is 341 g/mol. The summed E-state index contributed by atoms with van der Waals surface area (Å²) in [4.78, 5) is 13.3. The molecule has 130 valence electrons. The van der Waals surface area contributed by atoms with E-state index in [0.29, 0.717) is 5.92 Å². The van der Waals surface area contributed by atoms with Crippen LogP contribution in [0.25, 0.3) is 0 Å². The molecule has 0 aromatic heterocycles. The van der Waals surface area contributed by atoms with Gasteiger partial charge in [0.1, 0.15) is 0 Å². The zero-order valence-corrected chi connectivity index (χ0v) is 14.7. The van der Waals surface area contributed by atoms with Crippen LogP contribution in [0.1, 0.15) is 41.5 Å². The molecule has 0 aliphatic heterocycles. The third kappa shape index (κ3) is 3.70. The van der Waals surface area contributed by atoms with Gasteiger partial charge in [0, 0.05) is 0 Å². The van der Waals surface area contributed by atoms with E-state index in [0.717, 1.165) is 11.1 Å². The number of hydrogen-bond donors (Lipinski definition) is 1. The minimum absolute atomic E-state index is 0.0724. The van der Waals surface area contributed by atoms with Crippen LogP contribution in [0, 0.1) is 5.92 Å². The second-order valence-corrected chi connectivity index (χ2v) is 6.99. The van der Waals surface area contributed by atoms with Gasteiger partial charge in [-0.05, 0) is 35.4 Å². The quantitative estimate of drug-likeness (QED) is 0.665. The Morgan fingerprint density at radius 3 is 1.54 bits per heavy atom. The molecule has 3 aromatic carbocycles. The molecule has 3 aromatic rings. The topological polar surface area (TPSA) is 29.1 Å². The number of carbonyl (C=O) groups excluding carboxylic acids is 1. The Hall–Kier alpha value is -2.87. The molecule has 0 unspecified atom stereocenters. The van der Waals surface area contributed by atoms with Crippen molar-refractivity contribution in [3.05, 3.63) is 108 Å². The molecule has 0 saturated heterocycles. The van der Waals surface area contributed by atoms with Gasteiger partial charge < -0.3 is 5.32 Å². The normalized spacial score (nSPS) is 14.8. The SMILES string of the molecule is O=C(N[C@@H](c1ccccc1)C1CC1)C(c1ccccc1)c1ccccc1. The van der Waals surface area contributed by atoms with E-state index in [9.17, 15) is 4.79 Å². The van der Waals surface area contributed by atoms with Crippen LogP contribution >= 0.6 is 0 Å². The lowest BCUT2D eigenvalue weighted by molar-refractivity contribution is -0.122. The molecular weight excluding hydrogens is 318 g/mol. The lowest BCUT2D eigenvalue weighted by Gasteiger charge is -2.24. The number of nitrogens with one attached hydrogen (secondary N) is 1. The Morgan fingerprint density at radius 1 is 0.692 bits per heavy atom. The first-order valence-electron chi connectivity index (χ1n) is 9.28. The largest absolute Gasteiger partial charge is 0.348 e. The van der Waals surface area contributed by atoms with E-state index in [1.165, 1.54) is 18.4 Å². The van der Waals surface area contributed by atoms with E-state index in [-0.39, 0.29) is 17.9 Å². The Balaban J connectivity index is 1.64. The van der Waals surface area contributed by atoms with Crippen LogP contribution in [-0.2, 0) is 4.79 Å². The molecule has 0 heterocycles. The van der Waals surface area contributed by atoms with Crippen molar-refractivity contribution in [3.8, 4) is 0 Å². The molecule has 0 spiro atoms. The molecule has 1 atom stereocenters. The molecule has 1 fully saturated rings. The standard InChI is InChI=1S/C24H23NO/c26-24(25-23(21-16-17-21)20-14-8-3-9-15-20)22(18-10-4-1-5-11-18)19-12-6-2-7-13-19/h1-15,21-23H,16-17H2,(H,25,26)/t23-/m0/s1. The van der Waals surface area contributed by atoms with Gasteiger partial charge in [-0.25, -0.2) is 0 Å². The smallest absolute Gasteiger partial charge is 0.232 e. The molecule has 1 amide bonds. The fourth-order valence-electron chi connectivity index (χ4n) is 3.59. The van der Waals surface area contributed by atoms with E-state index in [2.05, 4.69) is 17.4 Å². The van der Waals surface area contributed by atoms with Gasteiger partial charge in [0.2, 0.25) is 5.91 Å². The van der Waals surface area contributed by atoms with Gasteiger partial charge in [-0.15, -0.1) is 0 Å². The summed E-state index contributed by atoms with van der Waals surface area (Å²) in [5.74, 6) is 0.332. The fourth-order valence-corrected chi connectivity index (χ4v) is 3.59. The molecule has 4 rings (SSSR count). The number of hydrogen-bond acceptors (Lipinski definition) is 1. The summed E-state index contributed by atoms with van der Waals surface area (Å²) in [6.45, 7) is 0. The molecule has 1 N–H and O–H groups in total. The van der Waals surface area contributed by atoms with Gasteiger partial charge in [-0.3, -0.25) is 4.79 Å². The zero-order valence-electron chi connectivity index (χ0n) is 14.7. The van der Waals surface area contributed by atoms with Crippen LogP contribution in [0.2, 0.25) is 0 Å². The number of carbonyl (C=O) groups is 1. The maximum Gasteiger partial charge on any atom is 0.232 e. The van der Waals surface area contributed by atoms with Gasteiger partial charge in [-0.1, -0.05) is 91.0 Å². The van der Waals surface area contributed by atoms with Gasteiger partial charge in [0.25, 0.3) is 0 Å². The van der Waals surface area contributed by atoms with E-state index >= 15 is 0 Å². The summed E-state index contributed by atoms with van der Waals surface area (Å²) < 4.78 is 0. The Bertz CT molecular complexity index is 802. The highest BCUT2D eigenvalue weighted by Gasteiger charge is 2.35. The third-order valence-electron chi connectivity index (χ3n) is 5.08. The number of rotatable bonds is 6. The van der Waals surface area contributed by atoms with E-state index in [1.54, 1.807) is 0 Å². The van der Waals surface area contributed by atoms with Crippen molar-refractivity contribution in [2.24, 2.45) is 5.92 Å². The predicted octanol–water partition coefficient (Wildman–Crippen LogP) is 5.09. The molecule has 1 saturated carbocycles. The molecule has 0 bridgehead atoms. The first-order chi connectivity index (χ1) is 12.8. The summed E-state index contributed by atoms with van der Waals surface area (Å²) in [6, 6.07) is 30.5. The minimum atomic E-state index is -0.289. The van der Waals surface area contributed by atoms with Gasteiger partial charge in [0.15, 0.2) is 0 Å². The lowest BCUT2D eigenvalue weighted by Crippen LogP contribution is -2.34. The Kier molecular flexibility index (Phi) is 4.83. The molecule has 0 radical (unpaired) electrons. The van der Waals surface area contributed by atoms with Crippen LogP contribution in [0.3, 0.4) is 0 Å². The Labute approximate surface area is 154 Å². The molecule has 2 nitrogen and oxygen atoms in total. The second kappa shape index (κ2) is 7.57. The average Bonchev–Trinajstić information content (AvgIpc) is 3.54. The average molecular weight is 341 g/mol. The van der Waals surface area contributed by atoms with Crippen LogP contribution < -0.4 is 5.32 Å². The first-order valence-corrected chi connectivity index (χ1v) is 9.28. The first kappa shape index (κ1) is 16.6. The van der Waals surface area contributed by atoms with Crippen molar-refractivity contribution >= 4 is 5.91 Å². The third-order valence-corrected chi connectivity index (χ3v) is 5.08. The molecule has 26 heavy (non-hydrogen) atoms. The van der Waals surface area contributed by atoms with Crippen LogP contribution in [0.5, 0.6) is 0 Å². The van der Waals surface area contributed by atoms with Crippen LogP contribution in [0.4, 0.5) is 0 Å². The maximum atomic E-state index is 13.3. The maximum absolute atomic E-state index is 13.3. The highest BCUT2D eigenvalue weighted by atomic mass is 16.2. The van der Waals surface area contributed by atoms with Crippen molar-refractivity contribution in [1.82, 2.24) is 5.32 Å². The van der Waals surface area contributed by atoms with Crippen molar-refractivity contribution in [3.63, 3.8) is 0 Å². The second-order valence-electron chi connectivity index (χ2n) is 6.99. The van der Waals surface area contributed by atoms with E-state index < -0.39 is 0 Å². The summed E-state index contributed by atoms with van der Waals surface area (Å²) in [5.41, 5.74) is 3.25. The number of amides is 1. The predicted molar refractivity (Wildman–Crippen MR) is 105 cm³/mol. The highest BCUT2D eigenvalue weighted by molar-refractivity contribution is 5.87. The van der Waals surface area contributed by atoms with E-state index in [4.69, 9.17) is 0 Å². The summed E-state index contributed by atoms with van der Waals surface area (Å²) in [5, 5.41) is 3.35. The summed E-state index contributed by atoms with van der Waals surface area (Å²) in [6.07, 6.45) is 2.36. The highest BCUT2D eigenvalue weighted by Crippen LogP contribution is 2.41. The Morgan fingerprint density at radius 2 is 1.12 bits per heavy atom. The molecule has 2 heteroatoms. The van der Waals surface area contributed by atoms with E-state index in [1.807, 2.05) is 78.9 Å². The minimum Gasteiger partial charge on any atom is -0.348 e. The lowest BCUT2D eigenvalue weighted by atomic mass is 9.89. The van der Waals surface area contributed by atoms with Crippen molar-refractivity contribution in [1.29, 1.82) is 0 Å². The number of benzene rings is 3. The fraction of sp³-hybridized carbons (Fsp3) is 0.208. The summed E-state index contributed by atoms with van der Waals surface area (Å²) >= 11 is 0. The van der Waals surface area contributed by atoms with Crippen molar-refractivity contribution in [2.75, 3.05) is 0 Å². The summed E-state index contributed by atoms with van der Waals surface area (Å²) in [7, 11) is 0. The van der Waals surface area contributed by atoms with Crippen LogP contribution in [-0.4, -0.2) is 5.91 Å². The van der Waals surface area contributed by atoms with Gasteiger partial charge in [-0.2, -0.15) is 0 Å². The molecule has 1 aliphatic carbocycles.